The van der Waals surface area contributed by atoms with Crippen LogP contribution < -0.4 is 0 Å². The number of esters is 1. The molecule has 0 rings (SSSR count). The molecule has 13 heavy (non-hydrogen) atoms. The number of rotatable bonds is 4. The van der Waals surface area contributed by atoms with Crippen LogP contribution >= 0.6 is 0 Å². The van der Waals surface area contributed by atoms with Gasteiger partial charge < -0.3 is 9.84 Å². The fraction of sp³-hybridized carbons (Fsp3) is 0.778. The van der Waals surface area contributed by atoms with E-state index in [1.54, 1.807) is 20.8 Å². The Kier molecular flexibility index (Phi) is 4.45. The van der Waals surface area contributed by atoms with Crippen molar-refractivity contribution < 1.29 is 19.4 Å². The van der Waals surface area contributed by atoms with Gasteiger partial charge >= 0.3 is 11.9 Å². The van der Waals surface area contributed by atoms with Crippen LogP contribution in [-0.2, 0) is 14.3 Å². The standard InChI is InChI=1S/C9H16O4/c1-9(2,3)13-8(12)6-4-5-7(10)11/h4-6H2,1-3H3,(H,10,11). The molecule has 0 atom stereocenters. The number of ether oxygens (including phenoxy) is 1. The highest BCUT2D eigenvalue weighted by molar-refractivity contribution is 5.71. The molecule has 0 amide bonds. The quantitative estimate of drug-likeness (QED) is 0.680. The summed E-state index contributed by atoms with van der Waals surface area (Å²) in [5.41, 5.74) is -0.486. The Labute approximate surface area is 77.9 Å². The van der Waals surface area contributed by atoms with Crippen molar-refractivity contribution in [1.29, 1.82) is 0 Å². The number of carboxylic acids is 1. The molecule has 1 N–H and O–H groups in total. The summed E-state index contributed by atoms with van der Waals surface area (Å²) < 4.78 is 4.99. The molecule has 0 aliphatic carbocycles. The highest BCUT2D eigenvalue weighted by Gasteiger charge is 2.15. The van der Waals surface area contributed by atoms with Gasteiger partial charge in [0, 0.05) is 12.8 Å². The highest BCUT2D eigenvalue weighted by Crippen LogP contribution is 2.09. The van der Waals surface area contributed by atoms with E-state index in [9.17, 15) is 9.59 Å². The molecule has 0 bridgehead atoms. The zero-order valence-electron chi connectivity index (χ0n) is 8.29. The lowest BCUT2D eigenvalue weighted by Crippen LogP contribution is -2.23. The first-order chi connectivity index (χ1) is 5.81. The molecule has 0 aromatic carbocycles. The van der Waals surface area contributed by atoms with Crippen LogP contribution in [-0.4, -0.2) is 22.6 Å². The molecule has 0 aromatic rings. The van der Waals surface area contributed by atoms with Crippen LogP contribution in [0.2, 0.25) is 0 Å². The van der Waals surface area contributed by atoms with E-state index in [1.165, 1.54) is 0 Å². The second-order valence-corrected chi connectivity index (χ2v) is 3.83. The minimum absolute atomic E-state index is 0.0131. The number of aliphatic carboxylic acids is 1. The van der Waals surface area contributed by atoms with Gasteiger partial charge in [-0.3, -0.25) is 9.59 Å². The summed E-state index contributed by atoms with van der Waals surface area (Å²) in [6.07, 6.45) is 0.521. The van der Waals surface area contributed by atoms with Crippen molar-refractivity contribution >= 4 is 11.9 Å². The summed E-state index contributed by atoms with van der Waals surface area (Å²) in [7, 11) is 0. The highest BCUT2D eigenvalue weighted by atomic mass is 16.6. The van der Waals surface area contributed by atoms with E-state index in [4.69, 9.17) is 9.84 Å². The molecular weight excluding hydrogens is 172 g/mol. The first-order valence-corrected chi connectivity index (χ1v) is 4.25. The molecule has 0 saturated heterocycles. The van der Waals surface area contributed by atoms with Crippen molar-refractivity contribution in [1.82, 2.24) is 0 Å². The van der Waals surface area contributed by atoms with Crippen molar-refractivity contribution in [2.24, 2.45) is 0 Å². The zero-order valence-corrected chi connectivity index (χ0v) is 8.29. The monoisotopic (exact) mass is 188 g/mol. The van der Waals surface area contributed by atoms with Gasteiger partial charge in [-0.25, -0.2) is 0 Å². The molecule has 0 aliphatic heterocycles. The largest absolute Gasteiger partial charge is 0.481 e. The summed E-state index contributed by atoms with van der Waals surface area (Å²) in [6.45, 7) is 5.34. The van der Waals surface area contributed by atoms with Crippen LogP contribution in [0.3, 0.4) is 0 Å². The molecule has 0 aromatic heterocycles. The predicted molar refractivity (Wildman–Crippen MR) is 47.3 cm³/mol. The SMILES string of the molecule is CC(C)(C)OC(=O)CCCC(=O)O. The van der Waals surface area contributed by atoms with Crippen LogP contribution in [0.5, 0.6) is 0 Å². The molecule has 76 valence electrons. The maximum atomic E-state index is 11.0. The average molecular weight is 188 g/mol. The Bertz CT molecular complexity index is 190. The van der Waals surface area contributed by atoms with Crippen LogP contribution in [0.15, 0.2) is 0 Å². The number of carbonyl (C=O) groups excluding carboxylic acids is 1. The number of hydrogen-bond donors (Lipinski definition) is 1. The summed E-state index contributed by atoms with van der Waals surface area (Å²) >= 11 is 0. The van der Waals surface area contributed by atoms with Crippen LogP contribution in [0.25, 0.3) is 0 Å². The van der Waals surface area contributed by atoms with Gasteiger partial charge in [0.2, 0.25) is 0 Å². The van der Waals surface area contributed by atoms with E-state index in [1.807, 2.05) is 0 Å². The Hall–Kier alpha value is -1.06. The van der Waals surface area contributed by atoms with Gasteiger partial charge in [-0.2, -0.15) is 0 Å². The van der Waals surface area contributed by atoms with Crippen molar-refractivity contribution in [2.45, 2.75) is 45.6 Å². The molecule has 0 radical (unpaired) electrons. The number of carboxylic acid groups (broad SMARTS) is 1. The Morgan fingerprint density at radius 3 is 2.15 bits per heavy atom. The van der Waals surface area contributed by atoms with Gasteiger partial charge in [0.25, 0.3) is 0 Å². The lowest BCUT2D eigenvalue weighted by atomic mass is 10.2. The second kappa shape index (κ2) is 4.84. The summed E-state index contributed by atoms with van der Waals surface area (Å²) in [5.74, 6) is -1.22. The maximum absolute atomic E-state index is 11.0. The van der Waals surface area contributed by atoms with E-state index in [2.05, 4.69) is 0 Å². The van der Waals surface area contributed by atoms with Crippen molar-refractivity contribution in [3.05, 3.63) is 0 Å². The Balaban J connectivity index is 3.59. The second-order valence-electron chi connectivity index (χ2n) is 3.83. The van der Waals surface area contributed by atoms with E-state index in [0.717, 1.165) is 0 Å². The lowest BCUT2D eigenvalue weighted by Gasteiger charge is -2.19. The molecule has 4 heteroatoms. The molecule has 0 unspecified atom stereocenters. The molecular formula is C9H16O4. The van der Waals surface area contributed by atoms with Gasteiger partial charge in [-0.1, -0.05) is 0 Å². The average Bonchev–Trinajstić information content (AvgIpc) is 1.81. The molecule has 0 fully saturated rings. The third kappa shape index (κ3) is 8.85. The van der Waals surface area contributed by atoms with Crippen molar-refractivity contribution in [3.63, 3.8) is 0 Å². The summed E-state index contributed by atoms with van der Waals surface area (Å²) in [6, 6.07) is 0. The van der Waals surface area contributed by atoms with Crippen molar-refractivity contribution in [3.8, 4) is 0 Å². The lowest BCUT2D eigenvalue weighted by molar-refractivity contribution is -0.155. The van der Waals surface area contributed by atoms with E-state index in [-0.39, 0.29) is 18.8 Å². The van der Waals surface area contributed by atoms with Crippen LogP contribution in [0.1, 0.15) is 40.0 Å². The summed E-state index contributed by atoms with van der Waals surface area (Å²) in [5, 5.41) is 8.31. The van der Waals surface area contributed by atoms with Crippen molar-refractivity contribution in [2.75, 3.05) is 0 Å². The third-order valence-electron chi connectivity index (χ3n) is 1.19. The molecule has 0 spiro atoms. The summed E-state index contributed by atoms with van der Waals surface area (Å²) in [4.78, 5) is 21.1. The van der Waals surface area contributed by atoms with Crippen LogP contribution in [0, 0.1) is 0 Å². The fourth-order valence-corrected chi connectivity index (χ4v) is 0.776. The normalized spacial score (nSPS) is 11.0. The van der Waals surface area contributed by atoms with Gasteiger partial charge in [0.05, 0.1) is 0 Å². The molecule has 0 heterocycles. The predicted octanol–water partition coefficient (Wildman–Crippen LogP) is 1.58. The van der Waals surface area contributed by atoms with Gasteiger partial charge in [0.15, 0.2) is 0 Å². The zero-order chi connectivity index (χ0) is 10.5. The van der Waals surface area contributed by atoms with E-state index >= 15 is 0 Å². The van der Waals surface area contributed by atoms with E-state index in [0.29, 0.717) is 6.42 Å². The van der Waals surface area contributed by atoms with Gasteiger partial charge in [-0.15, -0.1) is 0 Å². The first kappa shape index (κ1) is 11.9. The van der Waals surface area contributed by atoms with E-state index < -0.39 is 11.6 Å². The molecule has 0 saturated carbocycles. The number of carbonyl (C=O) groups is 2. The minimum Gasteiger partial charge on any atom is -0.481 e. The number of hydrogen-bond acceptors (Lipinski definition) is 3. The first-order valence-electron chi connectivity index (χ1n) is 4.25. The Morgan fingerprint density at radius 2 is 1.77 bits per heavy atom. The van der Waals surface area contributed by atoms with Gasteiger partial charge in [-0.05, 0) is 27.2 Å². The minimum atomic E-state index is -0.886. The maximum Gasteiger partial charge on any atom is 0.306 e. The molecule has 0 aliphatic rings. The smallest absolute Gasteiger partial charge is 0.306 e. The fourth-order valence-electron chi connectivity index (χ4n) is 0.776. The van der Waals surface area contributed by atoms with Gasteiger partial charge in [0.1, 0.15) is 5.60 Å². The Morgan fingerprint density at radius 1 is 1.23 bits per heavy atom. The molecule has 4 nitrogen and oxygen atoms in total. The van der Waals surface area contributed by atoms with Crippen LogP contribution in [0.4, 0.5) is 0 Å². The topological polar surface area (TPSA) is 63.6 Å². The third-order valence-corrected chi connectivity index (χ3v) is 1.19.